The quantitative estimate of drug-likeness (QED) is 0.447. The fourth-order valence-corrected chi connectivity index (χ4v) is 2.48. The molecule has 2 heterocycles. The molecule has 0 amide bonds. The third-order valence-corrected chi connectivity index (χ3v) is 3.58. The molecule has 0 saturated heterocycles. The predicted octanol–water partition coefficient (Wildman–Crippen LogP) is 4.02. The Morgan fingerprint density at radius 1 is 1.05 bits per heavy atom. The summed E-state index contributed by atoms with van der Waals surface area (Å²) in [5.74, 6) is 0. The van der Waals surface area contributed by atoms with Crippen molar-refractivity contribution >= 4 is 33.8 Å². The number of nitrogens with zero attached hydrogens (tertiary/aromatic N) is 1. The van der Waals surface area contributed by atoms with E-state index in [0.717, 1.165) is 27.5 Å². The average molecular weight is 288 g/mol. The summed E-state index contributed by atoms with van der Waals surface area (Å²) in [7, 11) is 0. The van der Waals surface area contributed by atoms with Crippen molar-refractivity contribution in [3.8, 4) is 0 Å². The Kier molecular flexibility index (Phi) is 2.86. The third kappa shape index (κ3) is 2.20. The highest BCUT2D eigenvalue weighted by Crippen LogP contribution is 2.21. The van der Waals surface area contributed by atoms with Crippen LogP contribution in [0, 0.1) is 0 Å². The molecule has 2 aromatic heterocycles. The molecular weight excluding hydrogens is 276 g/mol. The van der Waals surface area contributed by atoms with Gasteiger partial charge in [0.1, 0.15) is 5.58 Å². The summed E-state index contributed by atoms with van der Waals surface area (Å²) < 4.78 is 5.11. The Bertz CT molecular complexity index is 1060. The van der Waals surface area contributed by atoms with Gasteiger partial charge in [-0.25, -0.2) is 4.79 Å². The van der Waals surface area contributed by atoms with E-state index in [9.17, 15) is 4.79 Å². The molecule has 4 aromatic rings. The van der Waals surface area contributed by atoms with Crippen LogP contribution in [0.5, 0.6) is 0 Å². The summed E-state index contributed by atoms with van der Waals surface area (Å²) in [5, 5.41) is 1.99. The first-order valence-corrected chi connectivity index (χ1v) is 6.94. The summed E-state index contributed by atoms with van der Waals surface area (Å²) in [6.07, 6.45) is 3.77. The maximum absolute atomic E-state index is 11.2. The van der Waals surface area contributed by atoms with Crippen molar-refractivity contribution in [2.75, 3.05) is 0 Å². The molecule has 4 nitrogen and oxygen atoms in total. The molecule has 0 aliphatic carbocycles. The predicted molar refractivity (Wildman–Crippen MR) is 88.0 cm³/mol. The van der Waals surface area contributed by atoms with Crippen molar-refractivity contribution in [3.63, 3.8) is 0 Å². The molecule has 0 aliphatic rings. The fraction of sp³-hybridized carbons (Fsp3) is 0. The molecule has 4 heteroatoms. The second kappa shape index (κ2) is 5.00. The summed E-state index contributed by atoms with van der Waals surface area (Å²) in [4.78, 5) is 18.9. The largest absolute Gasteiger partial charge is 0.423 e. The molecule has 4 rings (SSSR count). The number of hydrogen-bond donors (Lipinski definition) is 1. The second-order valence-corrected chi connectivity index (χ2v) is 5.02. The van der Waals surface area contributed by atoms with Gasteiger partial charge in [-0.15, -0.1) is 0 Å². The number of aliphatic imine (C=N–C) groups is 1. The van der Waals surface area contributed by atoms with Gasteiger partial charge in [-0.05, 0) is 30.3 Å². The summed E-state index contributed by atoms with van der Waals surface area (Å²) >= 11 is 0. The molecule has 22 heavy (non-hydrogen) atoms. The Hall–Kier alpha value is -3.14. The van der Waals surface area contributed by atoms with Gasteiger partial charge in [0.25, 0.3) is 0 Å². The SMILES string of the molecule is O=c1ccc2cc(N=Cc3c[nH]c4ccccc34)ccc2o1. The zero-order valence-corrected chi connectivity index (χ0v) is 11.6. The van der Waals surface area contributed by atoms with E-state index in [1.165, 1.54) is 6.07 Å². The number of fused-ring (bicyclic) bond motifs is 2. The highest BCUT2D eigenvalue weighted by Gasteiger charge is 2.01. The minimum Gasteiger partial charge on any atom is -0.423 e. The summed E-state index contributed by atoms with van der Waals surface area (Å²) in [5.41, 5.74) is 3.16. The molecule has 0 atom stereocenters. The van der Waals surface area contributed by atoms with Crippen LogP contribution >= 0.6 is 0 Å². The first-order chi connectivity index (χ1) is 10.8. The zero-order valence-electron chi connectivity index (χ0n) is 11.6. The lowest BCUT2D eigenvalue weighted by atomic mass is 10.2. The van der Waals surface area contributed by atoms with Gasteiger partial charge in [0, 0.05) is 40.3 Å². The van der Waals surface area contributed by atoms with Crippen molar-refractivity contribution in [3.05, 3.63) is 76.8 Å². The Balaban J connectivity index is 1.73. The molecule has 0 unspecified atom stereocenters. The third-order valence-electron chi connectivity index (χ3n) is 3.58. The van der Waals surface area contributed by atoms with E-state index in [2.05, 4.69) is 16.0 Å². The highest BCUT2D eigenvalue weighted by molar-refractivity contribution is 5.99. The van der Waals surface area contributed by atoms with Crippen LogP contribution in [-0.2, 0) is 0 Å². The zero-order chi connectivity index (χ0) is 14.9. The Morgan fingerprint density at radius 3 is 2.91 bits per heavy atom. The number of nitrogens with one attached hydrogen (secondary N) is 1. The van der Waals surface area contributed by atoms with Crippen LogP contribution in [0.3, 0.4) is 0 Å². The number of H-pyrrole nitrogens is 1. The van der Waals surface area contributed by atoms with Crippen LogP contribution in [0.1, 0.15) is 5.56 Å². The van der Waals surface area contributed by atoms with Crippen molar-refractivity contribution in [2.24, 2.45) is 4.99 Å². The lowest BCUT2D eigenvalue weighted by Gasteiger charge is -1.97. The van der Waals surface area contributed by atoms with Gasteiger partial charge in [0.2, 0.25) is 0 Å². The number of rotatable bonds is 2. The van der Waals surface area contributed by atoms with Crippen molar-refractivity contribution in [2.45, 2.75) is 0 Å². The normalized spacial score (nSPS) is 11.6. The van der Waals surface area contributed by atoms with Crippen LogP contribution in [0.25, 0.3) is 21.9 Å². The van der Waals surface area contributed by atoms with Gasteiger partial charge in [0.15, 0.2) is 0 Å². The van der Waals surface area contributed by atoms with Gasteiger partial charge >= 0.3 is 5.63 Å². The van der Waals surface area contributed by atoms with E-state index < -0.39 is 0 Å². The lowest BCUT2D eigenvalue weighted by Crippen LogP contribution is -1.93. The van der Waals surface area contributed by atoms with Gasteiger partial charge in [-0.1, -0.05) is 18.2 Å². The molecule has 2 aromatic carbocycles. The van der Waals surface area contributed by atoms with Gasteiger partial charge < -0.3 is 9.40 Å². The van der Waals surface area contributed by atoms with E-state index >= 15 is 0 Å². The van der Waals surface area contributed by atoms with Gasteiger partial charge in [-0.3, -0.25) is 4.99 Å². The molecule has 1 N–H and O–H groups in total. The lowest BCUT2D eigenvalue weighted by molar-refractivity contribution is 0.561. The Labute approximate surface area is 125 Å². The highest BCUT2D eigenvalue weighted by atomic mass is 16.4. The molecular formula is C18H12N2O2. The van der Waals surface area contributed by atoms with Gasteiger partial charge in [-0.2, -0.15) is 0 Å². The molecule has 0 bridgehead atoms. The summed E-state index contributed by atoms with van der Waals surface area (Å²) in [6.45, 7) is 0. The summed E-state index contributed by atoms with van der Waals surface area (Å²) in [6, 6.07) is 16.7. The first kappa shape index (κ1) is 12.6. The van der Waals surface area contributed by atoms with E-state index in [1.807, 2.05) is 42.7 Å². The molecule has 0 aliphatic heterocycles. The number of aromatic nitrogens is 1. The van der Waals surface area contributed by atoms with Crippen molar-refractivity contribution in [1.29, 1.82) is 0 Å². The maximum atomic E-state index is 11.2. The van der Waals surface area contributed by atoms with Gasteiger partial charge in [0.05, 0.1) is 5.69 Å². The number of benzene rings is 2. The number of hydrogen-bond acceptors (Lipinski definition) is 3. The van der Waals surface area contributed by atoms with Crippen molar-refractivity contribution < 1.29 is 4.42 Å². The molecule has 0 fully saturated rings. The van der Waals surface area contributed by atoms with Crippen LogP contribution in [0.2, 0.25) is 0 Å². The van der Waals surface area contributed by atoms with E-state index in [0.29, 0.717) is 5.58 Å². The Morgan fingerprint density at radius 2 is 1.95 bits per heavy atom. The number of aromatic amines is 1. The first-order valence-electron chi connectivity index (χ1n) is 6.94. The molecule has 0 saturated carbocycles. The van der Waals surface area contributed by atoms with Crippen LogP contribution < -0.4 is 5.63 Å². The van der Waals surface area contributed by atoms with E-state index in [-0.39, 0.29) is 5.63 Å². The minimum atomic E-state index is -0.345. The van der Waals surface area contributed by atoms with Crippen molar-refractivity contribution in [1.82, 2.24) is 4.98 Å². The second-order valence-electron chi connectivity index (χ2n) is 5.02. The van der Waals surface area contributed by atoms with E-state index in [4.69, 9.17) is 4.42 Å². The smallest absolute Gasteiger partial charge is 0.336 e. The van der Waals surface area contributed by atoms with Crippen LogP contribution in [-0.4, -0.2) is 11.2 Å². The molecule has 0 radical (unpaired) electrons. The minimum absolute atomic E-state index is 0.345. The topological polar surface area (TPSA) is 58.4 Å². The molecule has 106 valence electrons. The standard InChI is InChI=1S/C18H12N2O2/c21-18-8-5-12-9-14(6-7-17(12)22-18)19-10-13-11-20-16-4-2-1-3-15(13)16/h1-11,20H. The van der Waals surface area contributed by atoms with Crippen LogP contribution in [0.15, 0.2) is 75.0 Å². The fourth-order valence-electron chi connectivity index (χ4n) is 2.48. The van der Waals surface area contributed by atoms with E-state index in [1.54, 1.807) is 12.1 Å². The molecule has 0 spiro atoms. The monoisotopic (exact) mass is 288 g/mol. The average Bonchev–Trinajstić information content (AvgIpc) is 2.96. The van der Waals surface area contributed by atoms with Crippen LogP contribution in [0.4, 0.5) is 5.69 Å². The maximum Gasteiger partial charge on any atom is 0.336 e. The number of para-hydroxylation sites is 1.